The third-order valence-corrected chi connectivity index (χ3v) is 5.64. The number of rotatable bonds is 3. The zero-order chi connectivity index (χ0) is 14.0. The van der Waals surface area contributed by atoms with E-state index in [1.807, 2.05) is 0 Å². The van der Waals surface area contributed by atoms with Crippen LogP contribution < -0.4 is 5.73 Å². The first-order valence-corrected chi connectivity index (χ1v) is 8.43. The lowest BCUT2D eigenvalue weighted by Gasteiger charge is -2.40. The topological polar surface area (TPSA) is 50.8 Å². The van der Waals surface area contributed by atoms with Crippen molar-refractivity contribution in [1.82, 2.24) is 4.90 Å². The summed E-state index contributed by atoms with van der Waals surface area (Å²) in [5.74, 6) is 1.66. The number of guanidine groups is 1. The molecule has 3 unspecified atom stereocenters. The number of nitrogens with zero attached hydrogens (tertiary/aromatic N) is 2. The van der Waals surface area contributed by atoms with Gasteiger partial charge in [0.1, 0.15) is 0 Å². The van der Waals surface area contributed by atoms with Gasteiger partial charge in [-0.3, -0.25) is 4.99 Å². The van der Waals surface area contributed by atoms with Gasteiger partial charge in [-0.15, -0.1) is 0 Å². The molecule has 0 radical (unpaired) electrons. The molecule has 1 saturated heterocycles. The maximum absolute atomic E-state index is 6.20. The van der Waals surface area contributed by atoms with Crippen molar-refractivity contribution in [1.29, 1.82) is 0 Å². The van der Waals surface area contributed by atoms with Crippen LogP contribution in [0.2, 0.25) is 0 Å². The quantitative estimate of drug-likeness (QED) is 0.863. The first kappa shape index (κ1) is 14.2. The molecule has 0 aromatic heterocycles. The molecule has 2 fully saturated rings. The summed E-state index contributed by atoms with van der Waals surface area (Å²) in [6.07, 6.45) is 10.6. The summed E-state index contributed by atoms with van der Waals surface area (Å²) in [6, 6.07) is 0. The van der Waals surface area contributed by atoms with E-state index in [2.05, 4.69) is 16.8 Å². The van der Waals surface area contributed by atoms with Gasteiger partial charge in [0.2, 0.25) is 0 Å². The summed E-state index contributed by atoms with van der Waals surface area (Å²) in [6.45, 7) is 5.10. The molecule has 0 aromatic carbocycles. The van der Waals surface area contributed by atoms with Crippen LogP contribution in [0.5, 0.6) is 0 Å². The van der Waals surface area contributed by atoms with Crippen molar-refractivity contribution in [3.8, 4) is 0 Å². The highest BCUT2D eigenvalue weighted by Crippen LogP contribution is 2.39. The summed E-state index contributed by atoms with van der Waals surface area (Å²) in [5, 5.41) is 0. The van der Waals surface area contributed by atoms with E-state index in [1.54, 1.807) is 0 Å². The zero-order valence-corrected chi connectivity index (χ0v) is 12.8. The van der Waals surface area contributed by atoms with E-state index in [1.165, 1.54) is 51.4 Å². The lowest BCUT2D eigenvalue weighted by molar-refractivity contribution is 0.0603. The molecule has 114 valence electrons. The van der Waals surface area contributed by atoms with Gasteiger partial charge in [0, 0.05) is 13.2 Å². The van der Waals surface area contributed by atoms with E-state index in [4.69, 9.17) is 10.5 Å². The number of hydrogen-bond donors (Lipinski definition) is 1. The van der Waals surface area contributed by atoms with Crippen molar-refractivity contribution in [2.75, 3.05) is 19.7 Å². The minimum Gasteiger partial charge on any atom is -0.376 e. The third kappa shape index (κ3) is 2.67. The van der Waals surface area contributed by atoms with Gasteiger partial charge in [-0.2, -0.15) is 0 Å². The predicted molar refractivity (Wildman–Crippen MR) is 81.8 cm³/mol. The highest BCUT2D eigenvalue weighted by molar-refractivity contribution is 5.81. The summed E-state index contributed by atoms with van der Waals surface area (Å²) in [4.78, 5) is 7.00. The van der Waals surface area contributed by atoms with Crippen LogP contribution in [0, 0.1) is 5.92 Å². The lowest BCUT2D eigenvalue weighted by atomic mass is 9.88. The molecule has 1 aliphatic carbocycles. The third-order valence-electron chi connectivity index (χ3n) is 5.64. The van der Waals surface area contributed by atoms with Crippen molar-refractivity contribution < 1.29 is 4.74 Å². The molecule has 1 spiro atoms. The van der Waals surface area contributed by atoms with Crippen molar-refractivity contribution in [3.05, 3.63) is 0 Å². The molecule has 0 bridgehead atoms. The molecule has 3 aliphatic rings. The van der Waals surface area contributed by atoms with Crippen LogP contribution in [-0.4, -0.2) is 42.2 Å². The summed E-state index contributed by atoms with van der Waals surface area (Å²) in [7, 11) is 0. The highest BCUT2D eigenvalue weighted by atomic mass is 16.5. The Morgan fingerprint density at radius 3 is 2.95 bits per heavy atom. The second kappa shape index (κ2) is 5.92. The van der Waals surface area contributed by atoms with Gasteiger partial charge in [0.25, 0.3) is 0 Å². The molecule has 2 heterocycles. The van der Waals surface area contributed by atoms with E-state index in [0.29, 0.717) is 6.10 Å². The summed E-state index contributed by atoms with van der Waals surface area (Å²) >= 11 is 0. The Kier molecular flexibility index (Phi) is 4.20. The van der Waals surface area contributed by atoms with Gasteiger partial charge in [-0.25, -0.2) is 0 Å². The Hall–Kier alpha value is -0.770. The number of hydrogen-bond acceptors (Lipinski definition) is 4. The van der Waals surface area contributed by atoms with Gasteiger partial charge >= 0.3 is 0 Å². The maximum atomic E-state index is 6.20. The first-order valence-electron chi connectivity index (χ1n) is 8.43. The van der Waals surface area contributed by atoms with E-state index in [-0.39, 0.29) is 5.54 Å². The van der Waals surface area contributed by atoms with E-state index >= 15 is 0 Å². The molecule has 2 aliphatic heterocycles. The molecular formula is C16H29N3O. The smallest absolute Gasteiger partial charge is 0.191 e. The largest absolute Gasteiger partial charge is 0.376 e. The van der Waals surface area contributed by atoms with Crippen molar-refractivity contribution >= 4 is 5.96 Å². The predicted octanol–water partition coefficient (Wildman–Crippen LogP) is 2.52. The Balaban J connectivity index is 1.70. The fraction of sp³-hybridized carbons (Fsp3) is 0.938. The number of ether oxygens (including phenoxy) is 1. The Morgan fingerprint density at radius 2 is 2.20 bits per heavy atom. The van der Waals surface area contributed by atoms with Crippen molar-refractivity contribution in [3.63, 3.8) is 0 Å². The molecule has 20 heavy (non-hydrogen) atoms. The molecule has 0 amide bonds. The lowest BCUT2D eigenvalue weighted by Crippen LogP contribution is -2.53. The van der Waals surface area contributed by atoms with Crippen LogP contribution in [-0.2, 0) is 4.74 Å². The fourth-order valence-electron chi connectivity index (χ4n) is 4.22. The second-order valence-electron chi connectivity index (χ2n) is 6.85. The number of nitrogens with two attached hydrogens (primary N) is 1. The molecule has 4 heteroatoms. The van der Waals surface area contributed by atoms with Gasteiger partial charge in [-0.1, -0.05) is 26.2 Å². The van der Waals surface area contributed by atoms with E-state index in [0.717, 1.165) is 31.6 Å². The normalized spacial score (nSPS) is 38.2. The average molecular weight is 279 g/mol. The monoisotopic (exact) mass is 279 g/mol. The standard InChI is InChI=1S/C16H29N3O/c1-2-13-5-3-8-16(9-7-13)12-18-15(17)19(16)11-14-6-4-10-20-14/h13-14H,2-12H2,1H3,(H2,17,18). The minimum absolute atomic E-state index is 0.208. The Bertz CT molecular complexity index is 365. The Morgan fingerprint density at radius 1 is 1.30 bits per heavy atom. The molecule has 3 rings (SSSR count). The van der Waals surface area contributed by atoms with Crippen molar-refractivity contribution in [2.45, 2.75) is 69.9 Å². The van der Waals surface area contributed by atoms with Crippen LogP contribution in [0.3, 0.4) is 0 Å². The van der Waals surface area contributed by atoms with Crippen LogP contribution >= 0.6 is 0 Å². The molecule has 4 nitrogen and oxygen atoms in total. The molecule has 0 aromatic rings. The Labute approximate surface area is 122 Å². The van der Waals surface area contributed by atoms with Gasteiger partial charge in [-0.05, 0) is 38.0 Å². The highest BCUT2D eigenvalue weighted by Gasteiger charge is 2.44. The second-order valence-corrected chi connectivity index (χ2v) is 6.85. The van der Waals surface area contributed by atoms with Crippen LogP contribution in [0.1, 0.15) is 58.3 Å². The van der Waals surface area contributed by atoms with Crippen LogP contribution in [0.25, 0.3) is 0 Å². The molecular weight excluding hydrogens is 250 g/mol. The molecule has 3 atom stereocenters. The van der Waals surface area contributed by atoms with Gasteiger partial charge in [0.05, 0.1) is 18.2 Å². The van der Waals surface area contributed by atoms with E-state index in [9.17, 15) is 0 Å². The van der Waals surface area contributed by atoms with Crippen LogP contribution in [0.4, 0.5) is 0 Å². The van der Waals surface area contributed by atoms with Crippen LogP contribution in [0.15, 0.2) is 4.99 Å². The number of aliphatic imine (C=N–C) groups is 1. The zero-order valence-electron chi connectivity index (χ0n) is 12.8. The average Bonchev–Trinajstić information content (AvgIpc) is 3.00. The summed E-state index contributed by atoms with van der Waals surface area (Å²) < 4.78 is 5.82. The molecule has 2 N–H and O–H groups in total. The van der Waals surface area contributed by atoms with Gasteiger partial charge < -0.3 is 15.4 Å². The SMILES string of the molecule is CCC1CCCC2(CC1)CN=C(N)N2CC1CCCO1. The van der Waals surface area contributed by atoms with Crippen molar-refractivity contribution in [2.24, 2.45) is 16.6 Å². The van der Waals surface area contributed by atoms with Gasteiger partial charge in [0.15, 0.2) is 5.96 Å². The maximum Gasteiger partial charge on any atom is 0.191 e. The molecule has 1 saturated carbocycles. The first-order chi connectivity index (χ1) is 9.73. The fourth-order valence-corrected chi connectivity index (χ4v) is 4.22. The summed E-state index contributed by atoms with van der Waals surface area (Å²) in [5.41, 5.74) is 6.41. The van der Waals surface area contributed by atoms with E-state index < -0.39 is 0 Å². The minimum atomic E-state index is 0.208.